The van der Waals surface area contributed by atoms with Crippen LogP contribution >= 0.6 is 0 Å². The van der Waals surface area contributed by atoms with Crippen LogP contribution in [0.2, 0.25) is 6.04 Å². The average Bonchev–Trinajstić information content (AvgIpc) is 2.37. The van der Waals surface area contributed by atoms with Crippen LogP contribution in [0.4, 0.5) is 0 Å². The molecule has 1 aromatic carbocycles. The molecule has 0 aliphatic carbocycles. The highest BCUT2D eigenvalue weighted by Gasteiger charge is 2.36. The average molecular weight is 239 g/mol. The molecule has 1 rings (SSSR count). The Bertz CT molecular complexity index is 277. The molecule has 4 heteroatoms. The van der Waals surface area contributed by atoms with Crippen LogP contribution in [0.25, 0.3) is 0 Å². The Morgan fingerprint density at radius 2 is 1.56 bits per heavy atom. The Labute approximate surface area is 98.7 Å². The summed E-state index contributed by atoms with van der Waals surface area (Å²) in [6, 6.07) is 11.0. The van der Waals surface area contributed by atoms with Crippen molar-refractivity contribution in [3.63, 3.8) is 0 Å². The zero-order valence-corrected chi connectivity index (χ0v) is 11.1. The molecule has 1 aromatic rings. The van der Waals surface area contributed by atoms with Gasteiger partial charge in [0.05, 0.1) is 0 Å². The van der Waals surface area contributed by atoms with E-state index in [0.29, 0.717) is 0 Å². The lowest BCUT2D eigenvalue weighted by Crippen LogP contribution is -2.42. The van der Waals surface area contributed by atoms with E-state index in [9.17, 15) is 0 Å². The smallest absolute Gasteiger partial charge is 0.377 e. The highest BCUT2D eigenvalue weighted by atomic mass is 28.4. The quantitative estimate of drug-likeness (QED) is 0.684. The minimum absolute atomic E-state index is 0.797. The van der Waals surface area contributed by atoms with E-state index in [4.69, 9.17) is 13.3 Å². The second kappa shape index (κ2) is 6.80. The monoisotopic (exact) mass is 239 g/mol. The summed E-state index contributed by atoms with van der Waals surface area (Å²) in [5.74, 6) is 0. The van der Waals surface area contributed by atoms with Crippen molar-refractivity contribution in [1.29, 1.82) is 0 Å². The van der Waals surface area contributed by atoms with Crippen LogP contribution in [0.1, 0.15) is 12.0 Å². The number of hydrogen-bond acceptors (Lipinski definition) is 3. The molecule has 0 unspecified atom stereocenters. The van der Waals surface area contributed by atoms with Crippen LogP contribution in [0, 0.1) is 6.42 Å². The Kier molecular flexibility index (Phi) is 5.69. The van der Waals surface area contributed by atoms with E-state index in [1.165, 1.54) is 5.56 Å². The summed E-state index contributed by atoms with van der Waals surface area (Å²) in [4.78, 5) is 0. The molecule has 0 heterocycles. The van der Waals surface area contributed by atoms with E-state index < -0.39 is 8.80 Å². The molecule has 0 amide bonds. The minimum Gasteiger partial charge on any atom is -0.377 e. The summed E-state index contributed by atoms with van der Waals surface area (Å²) in [7, 11) is 2.52. The summed E-state index contributed by atoms with van der Waals surface area (Å²) >= 11 is 0. The van der Waals surface area contributed by atoms with Gasteiger partial charge in [0.15, 0.2) is 0 Å². The molecule has 0 aliphatic heterocycles. The van der Waals surface area contributed by atoms with Gasteiger partial charge in [-0.1, -0.05) is 30.3 Å². The van der Waals surface area contributed by atoms with Crippen LogP contribution in [-0.4, -0.2) is 30.1 Å². The van der Waals surface area contributed by atoms with Gasteiger partial charge in [0.25, 0.3) is 0 Å². The molecule has 0 N–H and O–H groups in total. The highest BCUT2D eigenvalue weighted by molar-refractivity contribution is 6.60. The van der Waals surface area contributed by atoms with E-state index in [2.05, 4.69) is 18.6 Å². The van der Waals surface area contributed by atoms with Crippen LogP contribution in [0.3, 0.4) is 0 Å². The molecule has 89 valence electrons. The zero-order chi connectivity index (χ0) is 11.9. The lowest BCUT2D eigenvalue weighted by Gasteiger charge is -2.24. The van der Waals surface area contributed by atoms with Gasteiger partial charge in [-0.3, -0.25) is 0 Å². The van der Waals surface area contributed by atoms with Gasteiger partial charge in [-0.05, 0) is 18.4 Å². The van der Waals surface area contributed by atoms with Gasteiger partial charge < -0.3 is 13.3 Å². The van der Waals surface area contributed by atoms with Crippen LogP contribution < -0.4 is 0 Å². The predicted octanol–water partition coefficient (Wildman–Crippen LogP) is 2.51. The number of benzene rings is 1. The van der Waals surface area contributed by atoms with Gasteiger partial charge in [-0.2, -0.15) is 0 Å². The van der Waals surface area contributed by atoms with Crippen LogP contribution in [0.5, 0.6) is 0 Å². The first-order valence-electron chi connectivity index (χ1n) is 5.30. The molecule has 0 fully saturated rings. The third kappa shape index (κ3) is 3.72. The van der Waals surface area contributed by atoms with Gasteiger partial charge in [-0.25, -0.2) is 0 Å². The Morgan fingerprint density at radius 3 is 2.06 bits per heavy atom. The summed E-state index contributed by atoms with van der Waals surface area (Å²) < 4.78 is 16.0. The molecule has 16 heavy (non-hydrogen) atoms. The third-order valence-corrected chi connectivity index (χ3v) is 5.33. The van der Waals surface area contributed by atoms with Crippen LogP contribution in [-0.2, 0) is 13.3 Å². The van der Waals surface area contributed by atoms with Gasteiger partial charge in [-0.15, -0.1) is 0 Å². The Balaban J connectivity index is 2.39. The van der Waals surface area contributed by atoms with Gasteiger partial charge in [0, 0.05) is 27.4 Å². The van der Waals surface area contributed by atoms with Crippen molar-refractivity contribution in [1.82, 2.24) is 0 Å². The zero-order valence-electron chi connectivity index (χ0n) is 10.1. The second-order valence-electron chi connectivity index (χ2n) is 3.45. The van der Waals surface area contributed by atoms with Crippen molar-refractivity contribution >= 4 is 8.80 Å². The summed E-state index contributed by atoms with van der Waals surface area (Å²) in [5, 5.41) is 0. The SMILES string of the molecule is CO[Si](CC[CH]c1ccccc1)(OC)OC. The maximum absolute atomic E-state index is 5.35. The fourth-order valence-corrected chi connectivity index (χ4v) is 3.17. The first-order valence-corrected chi connectivity index (χ1v) is 7.23. The molecule has 0 bridgehead atoms. The minimum atomic E-state index is -2.40. The van der Waals surface area contributed by atoms with Crippen molar-refractivity contribution in [2.75, 3.05) is 21.3 Å². The molecular weight excluding hydrogens is 220 g/mol. The van der Waals surface area contributed by atoms with E-state index in [1.54, 1.807) is 21.3 Å². The molecule has 0 atom stereocenters. The number of rotatable bonds is 7. The van der Waals surface area contributed by atoms with E-state index in [1.807, 2.05) is 18.2 Å². The van der Waals surface area contributed by atoms with E-state index >= 15 is 0 Å². The second-order valence-corrected chi connectivity index (χ2v) is 6.54. The largest absolute Gasteiger partial charge is 0.500 e. The van der Waals surface area contributed by atoms with E-state index in [-0.39, 0.29) is 0 Å². The first-order chi connectivity index (χ1) is 7.76. The molecule has 1 radical (unpaired) electrons. The molecule has 0 saturated carbocycles. The van der Waals surface area contributed by atoms with Crippen molar-refractivity contribution in [2.24, 2.45) is 0 Å². The normalized spacial score (nSPS) is 11.7. The number of hydrogen-bond donors (Lipinski definition) is 0. The van der Waals surface area contributed by atoms with Crippen molar-refractivity contribution < 1.29 is 13.3 Å². The summed E-state index contributed by atoms with van der Waals surface area (Å²) in [6.07, 6.45) is 3.06. The van der Waals surface area contributed by atoms with Crippen molar-refractivity contribution in [3.8, 4) is 0 Å². The molecular formula is C12H19O3Si. The summed E-state index contributed by atoms with van der Waals surface area (Å²) in [5.41, 5.74) is 1.22. The molecule has 0 aliphatic rings. The molecule has 0 aromatic heterocycles. The third-order valence-electron chi connectivity index (χ3n) is 2.56. The van der Waals surface area contributed by atoms with Crippen LogP contribution in [0.15, 0.2) is 30.3 Å². The lowest BCUT2D eigenvalue weighted by atomic mass is 10.1. The Hall–Kier alpha value is -0.683. The molecule has 0 saturated heterocycles. The standard InChI is InChI=1S/C12H19O3Si/c1-13-16(14-2,15-3)11-7-10-12-8-5-4-6-9-12/h4-6,8-10H,7,11H2,1-3H3. The fourth-order valence-electron chi connectivity index (χ4n) is 1.56. The van der Waals surface area contributed by atoms with Crippen molar-refractivity contribution in [2.45, 2.75) is 12.5 Å². The van der Waals surface area contributed by atoms with Gasteiger partial charge >= 0.3 is 8.80 Å². The van der Waals surface area contributed by atoms with Crippen molar-refractivity contribution in [3.05, 3.63) is 42.3 Å². The van der Waals surface area contributed by atoms with E-state index in [0.717, 1.165) is 12.5 Å². The Morgan fingerprint density at radius 1 is 1.00 bits per heavy atom. The molecule has 3 nitrogen and oxygen atoms in total. The van der Waals surface area contributed by atoms with Gasteiger partial charge in [0.1, 0.15) is 0 Å². The molecule has 0 spiro atoms. The first kappa shape index (κ1) is 13.4. The topological polar surface area (TPSA) is 27.7 Å². The lowest BCUT2D eigenvalue weighted by molar-refractivity contribution is 0.123. The predicted molar refractivity (Wildman–Crippen MR) is 66.0 cm³/mol. The fraction of sp³-hybridized carbons (Fsp3) is 0.417. The summed E-state index contributed by atoms with van der Waals surface area (Å²) in [6.45, 7) is 0. The maximum Gasteiger partial charge on any atom is 0.500 e. The highest BCUT2D eigenvalue weighted by Crippen LogP contribution is 2.18. The van der Waals surface area contributed by atoms with Gasteiger partial charge in [0.2, 0.25) is 0 Å². The maximum atomic E-state index is 5.35.